The van der Waals surface area contributed by atoms with Crippen molar-refractivity contribution < 1.29 is 9.59 Å². The second-order valence-corrected chi connectivity index (χ2v) is 5.64. The van der Waals surface area contributed by atoms with Crippen molar-refractivity contribution in [2.24, 2.45) is 0 Å². The minimum Gasteiger partial charge on any atom is -0.325 e. The van der Waals surface area contributed by atoms with Crippen molar-refractivity contribution in [1.29, 1.82) is 0 Å². The molecule has 2 N–H and O–H groups in total. The van der Waals surface area contributed by atoms with E-state index in [1.807, 2.05) is 0 Å². The molecule has 6 nitrogen and oxygen atoms in total. The van der Waals surface area contributed by atoms with Gasteiger partial charge in [-0.3, -0.25) is 9.59 Å². The SMILES string of the molecule is O=C1Cc2cc(C(=O)CSc3cn[nH]n3)c(Cl)cc2N1. The monoisotopic (exact) mass is 308 g/mol. The van der Waals surface area contributed by atoms with Crippen molar-refractivity contribution in [1.82, 2.24) is 15.4 Å². The zero-order valence-electron chi connectivity index (χ0n) is 10.1. The standard InChI is InChI=1S/C12H9ClN4O2S/c13-8-3-9-6(2-11(19)15-9)1-7(8)10(18)5-20-12-4-14-17-16-12/h1,3-4H,2,5H2,(H,15,19)(H,14,16,17). The van der Waals surface area contributed by atoms with Gasteiger partial charge < -0.3 is 5.32 Å². The van der Waals surface area contributed by atoms with Crippen LogP contribution in [0.5, 0.6) is 0 Å². The van der Waals surface area contributed by atoms with E-state index in [1.165, 1.54) is 11.8 Å². The van der Waals surface area contributed by atoms with Gasteiger partial charge in [0.25, 0.3) is 0 Å². The molecule has 1 aromatic carbocycles. The molecule has 0 saturated heterocycles. The fourth-order valence-electron chi connectivity index (χ4n) is 1.94. The van der Waals surface area contributed by atoms with E-state index in [0.29, 0.717) is 21.3 Å². The van der Waals surface area contributed by atoms with Crippen molar-refractivity contribution in [3.05, 3.63) is 34.5 Å². The second kappa shape index (κ2) is 5.26. The molecule has 102 valence electrons. The van der Waals surface area contributed by atoms with Crippen LogP contribution >= 0.6 is 23.4 Å². The molecule has 20 heavy (non-hydrogen) atoms. The molecule has 0 spiro atoms. The summed E-state index contributed by atoms with van der Waals surface area (Å²) in [4.78, 5) is 23.5. The Morgan fingerprint density at radius 1 is 1.45 bits per heavy atom. The third kappa shape index (κ3) is 2.54. The van der Waals surface area contributed by atoms with Crippen LogP contribution in [0.1, 0.15) is 15.9 Å². The molecule has 0 radical (unpaired) electrons. The second-order valence-electron chi connectivity index (χ2n) is 4.23. The highest BCUT2D eigenvalue weighted by atomic mass is 35.5. The summed E-state index contributed by atoms with van der Waals surface area (Å²) >= 11 is 7.37. The van der Waals surface area contributed by atoms with Gasteiger partial charge in [-0.05, 0) is 17.7 Å². The molecule has 0 fully saturated rings. The van der Waals surface area contributed by atoms with Crippen LogP contribution in [-0.2, 0) is 11.2 Å². The van der Waals surface area contributed by atoms with Crippen LogP contribution in [0.3, 0.4) is 0 Å². The number of Topliss-reactive ketones (excluding diaryl/α,β-unsaturated/α-hetero) is 1. The van der Waals surface area contributed by atoms with Crippen LogP contribution in [0.2, 0.25) is 5.02 Å². The molecule has 8 heteroatoms. The zero-order chi connectivity index (χ0) is 14.1. The fraction of sp³-hybridized carbons (Fsp3) is 0.167. The Balaban J connectivity index is 1.78. The number of thioether (sulfide) groups is 1. The van der Waals surface area contributed by atoms with Gasteiger partial charge in [0.05, 0.1) is 23.4 Å². The first-order chi connectivity index (χ1) is 9.63. The molecule has 0 saturated carbocycles. The summed E-state index contributed by atoms with van der Waals surface area (Å²) in [6.45, 7) is 0. The smallest absolute Gasteiger partial charge is 0.228 e. The number of hydrogen-bond acceptors (Lipinski definition) is 5. The normalized spacial score (nSPS) is 13.2. The first kappa shape index (κ1) is 13.1. The van der Waals surface area contributed by atoms with Crippen molar-refractivity contribution in [2.75, 3.05) is 11.1 Å². The minimum absolute atomic E-state index is 0.0855. The molecule has 0 aliphatic carbocycles. The number of hydrogen-bond donors (Lipinski definition) is 2. The van der Waals surface area contributed by atoms with Crippen LogP contribution in [0, 0.1) is 0 Å². The maximum atomic E-state index is 12.2. The summed E-state index contributed by atoms with van der Waals surface area (Å²) < 4.78 is 0. The number of aromatic amines is 1. The topological polar surface area (TPSA) is 87.7 Å². The molecular formula is C12H9ClN4O2S. The highest BCUT2D eigenvalue weighted by Crippen LogP contribution is 2.30. The van der Waals surface area contributed by atoms with Crippen LogP contribution in [-0.4, -0.2) is 32.9 Å². The zero-order valence-corrected chi connectivity index (χ0v) is 11.7. The lowest BCUT2D eigenvalue weighted by Crippen LogP contribution is -2.04. The highest BCUT2D eigenvalue weighted by Gasteiger charge is 2.22. The summed E-state index contributed by atoms with van der Waals surface area (Å²) in [5, 5.41) is 13.7. The number of nitrogens with one attached hydrogen (secondary N) is 2. The Morgan fingerprint density at radius 3 is 3.05 bits per heavy atom. The van der Waals surface area contributed by atoms with E-state index in [9.17, 15) is 9.59 Å². The molecule has 1 amide bonds. The summed E-state index contributed by atoms with van der Waals surface area (Å²) in [5.41, 5.74) is 1.91. The number of amides is 1. The molecular weight excluding hydrogens is 300 g/mol. The minimum atomic E-state index is -0.106. The van der Waals surface area contributed by atoms with E-state index in [4.69, 9.17) is 11.6 Å². The molecule has 1 aliphatic rings. The van der Waals surface area contributed by atoms with Crippen molar-refractivity contribution >= 4 is 40.7 Å². The van der Waals surface area contributed by atoms with Gasteiger partial charge in [-0.25, -0.2) is 0 Å². The maximum Gasteiger partial charge on any atom is 0.228 e. The number of fused-ring (bicyclic) bond motifs is 1. The first-order valence-electron chi connectivity index (χ1n) is 5.77. The van der Waals surface area contributed by atoms with Gasteiger partial charge in [-0.15, -0.1) is 5.10 Å². The van der Waals surface area contributed by atoms with Crippen LogP contribution in [0.25, 0.3) is 0 Å². The van der Waals surface area contributed by atoms with Crippen LogP contribution in [0.15, 0.2) is 23.4 Å². The van der Waals surface area contributed by atoms with E-state index < -0.39 is 0 Å². The maximum absolute atomic E-state index is 12.2. The van der Waals surface area contributed by atoms with E-state index >= 15 is 0 Å². The van der Waals surface area contributed by atoms with Crippen LogP contribution in [0.4, 0.5) is 5.69 Å². The Hall–Kier alpha value is -1.86. The van der Waals surface area contributed by atoms with Gasteiger partial charge in [0.15, 0.2) is 5.78 Å². The van der Waals surface area contributed by atoms with Gasteiger partial charge in [0, 0.05) is 11.3 Å². The van der Waals surface area contributed by atoms with Gasteiger partial charge in [-0.1, -0.05) is 23.4 Å². The number of halogens is 1. The number of ketones is 1. The summed E-state index contributed by atoms with van der Waals surface area (Å²) in [6.07, 6.45) is 1.83. The Labute approximate surface area is 123 Å². The van der Waals surface area contributed by atoms with Crippen LogP contribution < -0.4 is 5.32 Å². The van der Waals surface area contributed by atoms with Crippen molar-refractivity contribution in [3.8, 4) is 0 Å². The van der Waals surface area contributed by atoms with Crippen molar-refractivity contribution in [2.45, 2.75) is 11.4 Å². The highest BCUT2D eigenvalue weighted by molar-refractivity contribution is 7.99. The molecule has 1 aliphatic heterocycles. The quantitative estimate of drug-likeness (QED) is 0.665. The molecule has 1 aromatic heterocycles. The Morgan fingerprint density at radius 2 is 2.30 bits per heavy atom. The van der Waals surface area contributed by atoms with E-state index in [1.54, 1.807) is 18.3 Å². The summed E-state index contributed by atoms with van der Waals surface area (Å²) in [6, 6.07) is 3.30. The lowest BCUT2D eigenvalue weighted by Gasteiger charge is -2.06. The number of benzene rings is 1. The fourth-order valence-corrected chi connectivity index (χ4v) is 2.88. The number of rotatable bonds is 4. The number of H-pyrrole nitrogens is 1. The summed E-state index contributed by atoms with van der Waals surface area (Å²) in [5.74, 6) is 0.0228. The number of carbonyl (C=O) groups is 2. The van der Waals surface area contributed by atoms with E-state index in [-0.39, 0.29) is 23.9 Å². The first-order valence-corrected chi connectivity index (χ1v) is 7.14. The summed E-state index contributed by atoms with van der Waals surface area (Å²) in [7, 11) is 0. The van der Waals surface area contributed by atoms with Gasteiger partial charge in [0.2, 0.25) is 5.91 Å². The molecule has 0 atom stereocenters. The number of anilines is 1. The Kier molecular flexibility index (Phi) is 3.45. The average Bonchev–Trinajstić information content (AvgIpc) is 3.03. The lowest BCUT2D eigenvalue weighted by molar-refractivity contribution is -0.115. The average molecular weight is 309 g/mol. The predicted octanol–water partition coefficient (Wildman–Crippen LogP) is 1.93. The van der Waals surface area contributed by atoms with E-state index in [2.05, 4.69) is 20.7 Å². The van der Waals surface area contributed by atoms with Gasteiger partial charge in [0.1, 0.15) is 5.03 Å². The molecule has 2 heterocycles. The number of aromatic nitrogens is 3. The number of nitrogens with zero attached hydrogens (tertiary/aromatic N) is 2. The molecule has 0 bridgehead atoms. The predicted molar refractivity (Wildman–Crippen MR) is 75.2 cm³/mol. The largest absolute Gasteiger partial charge is 0.325 e. The molecule has 0 unspecified atom stereocenters. The third-order valence-corrected chi connectivity index (χ3v) is 4.07. The Bertz CT molecular complexity index is 687. The third-order valence-electron chi connectivity index (χ3n) is 2.86. The van der Waals surface area contributed by atoms with Gasteiger partial charge in [-0.2, -0.15) is 10.3 Å². The lowest BCUT2D eigenvalue weighted by atomic mass is 10.1. The number of carbonyl (C=O) groups excluding carboxylic acids is 2. The van der Waals surface area contributed by atoms with E-state index in [0.717, 1.165) is 5.56 Å². The van der Waals surface area contributed by atoms with Crippen molar-refractivity contribution in [3.63, 3.8) is 0 Å². The molecule has 2 aromatic rings. The van der Waals surface area contributed by atoms with Gasteiger partial charge >= 0.3 is 0 Å². The molecule has 3 rings (SSSR count).